The number of hydrogen-bond donors (Lipinski definition) is 1. The highest BCUT2D eigenvalue weighted by Crippen LogP contribution is 2.33. The van der Waals surface area contributed by atoms with Gasteiger partial charge in [-0.3, -0.25) is 0 Å². The third-order valence-corrected chi connectivity index (χ3v) is 4.55. The lowest BCUT2D eigenvalue weighted by Gasteiger charge is -2.23. The Bertz CT molecular complexity index is 307. The number of aliphatic hydroxyl groups is 1. The van der Waals surface area contributed by atoms with Gasteiger partial charge >= 0.3 is 0 Å². The molecule has 84 valence electrons. The number of furan rings is 1. The summed E-state index contributed by atoms with van der Waals surface area (Å²) in [4.78, 5) is 0. The third-order valence-electron chi connectivity index (χ3n) is 2.84. The summed E-state index contributed by atoms with van der Waals surface area (Å²) in [5, 5.41) is 10.0. The van der Waals surface area contributed by atoms with E-state index in [1.165, 1.54) is 24.3 Å². The van der Waals surface area contributed by atoms with E-state index in [1.807, 2.05) is 17.8 Å². The monoisotopic (exact) mass is 290 g/mol. The molecule has 1 fully saturated rings. The van der Waals surface area contributed by atoms with E-state index in [1.54, 1.807) is 6.26 Å². The fourth-order valence-electron chi connectivity index (χ4n) is 1.95. The molecule has 2 rings (SSSR count). The van der Waals surface area contributed by atoms with E-state index < -0.39 is 6.10 Å². The highest BCUT2D eigenvalue weighted by Gasteiger charge is 2.21. The molecule has 4 heteroatoms. The lowest BCUT2D eigenvalue weighted by Crippen LogP contribution is -2.13. The van der Waals surface area contributed by atoms with Gasteiger partial charge in [-0.1, -0.05) is 0 Å². The highest BCUT2D eigenvalue weighted by molar-refractivity contribution is 9.10. The van der Waals surface area contributed by atoms with Gasteiger partial charge in [0.15, 0.2) is 0 Å². The topological polar surface area (TPSA) is 33.4 Å². The SMILES string of the molecule is OC(CC1CCSCC1)c1occc1Br. The standard InChI is InChI=1S/C11H15BrO2S/c12-9-1-4-14-11(9)10(13)7-8-2-5-15-6-3-8/h1,4,8,10,13H,2-3,5-7H2. The molecule has 15 heavy (non-hydrogen) atoms. The summed E-state index contributed by atoms with van der Waals surface area (Å²) in [6.45, 7) is 0. The largest absolute Gasteiger partial charge is 0.465 e. The summed E-state index contributed by atoms with van der Waals surface area (Å²) in [5.74, 6) is 3.79. The maximum atomic E-state index is 10.0. The fraction of sp³-hybridized carbons (Fsp3) is 0.636. The summed E-state index contributed by atoms with van der Waals surface area (Å²) < 4.78 is 6.14. The van der Waals surface area contributed by atoms with Crippen LogP contribution in [0.4, 0.5) is 0 Å². The van der Waals surface area contributed by atoms with Crippen LogP contribution in [0.5, 0.6) is 0 Å². The summed E-state index contributed by atoms with van der Waals surface area (Å²) in [6.07, 6.45) is 4.43. The molecule has 0 aromatic carbocycles. The van der Waals surface area contributed by atoms with E-state index in [9.17, 15) is 5.11 Å². The Morgan fingerprint density at radius 3 is 2.87 bits per heavy atom. The average Bonchev–Trinajstić information content (AvgIpc) is 2.66. The van der Waals surface area contributed by atoms with Gasteiger partial charge in [0, 0.05) is 0 Å². The molecule has 2 nitrogen and oxygen atoms in total. The molecule has 1 atom stereocenters. The van der Waals surface area contributed by atoms with Crippen LogP contribution in [0.25, 0.3) is 0 Å². The van der Waals surface area contributed by atoms with Gasteiger partial charge in [0.05, 0.1) is 10.7 Å². The molecule has 0 saturated carbocycles. The minimum Gasteiger partial charge on any atom is -0.465 e. The van der Waals surface area contributed by atoms with Gasteiger partial charge in [-0.25, -0.2) is 0 Å². The molecular formula is C11H15BrO2S. The first-order valence-corrected chi connectivity index (χ1v) is 7.21. The summed E-state index contributed by atoms with van der Waals surface area (Å²) in [7, 11) is 0. The van der Waals surface area contributed by atoms with E-state index in [-0.39, 0.29) is 0 Å². The Morgan fingerprint density at radius 2 is 2.27 bits per heavy atom. The molecule has 1 unspecified atom stereocenters. The Labute approximate surface area is 103 Å². The molecule has 0 aliphatic carbocycles. The second-order valence-electron chi connectivity index (χ2n) is 3.94. The Balaban J connectivity index is 1.91. The van der Waals surface area contributed by atoms with E-state index >= 15 is 0 Å². The van der Waals surface area contributed by atoms with Crippen LogP contribution in [0, 0.1) is 5.92 Å². The van der Waals surface area contributed by atoms with E-state index in [0.717, 1.165) is 10.9 Å². The summed E-state index contributed by atoms with van der Waals surface area (Å²) in [6, 6.07) is 1.83. The van der Waals surface area contributed by atoms with Crippen molar-refractivity contribution in [3.63, 3.8) is 0 Å². The molecular weight excluding hydrogens is 276 g/mol. The van der Waals surface area contributed by atoms with E-state index in [4.69, 9.17) is 4.42 Å². The van der Waals surface area contributed by atoms with Crippen LogP contribution >= 0.6 is 27.7 Å². The predicted molar refractivity (Wildman–Crippen MR) is 66.0 cm³/mol. The van der Waals surface area contributed by atoms with Crippen molar-refractivity contribution in [3.8, 4) is 0 Å². The first-order valence-electron chi connectivity index (χ1n) is 5.26. The average molecular weight is 291 g/mol. The van der Waals surface area contributed by atoms with Crippen molar-refractivity contribution >= 4 is 27.7 Å². The van der Waals surface area contributed by atoms with Crippen molar-refractivity contribution in [2.45, 2.75) is 25.4 Å². The molecule has 1 aliphatic rings. The lowest BCUT2D eigenvalue weighted by molar-refractivity contribution is 0.116. The van der Waals surface area contributed by atoms with Gasteiger partial charge in [0.25, 0.3) is 0 Å². The smallest absolute Gasteiger partial charge is 0.146 e. The number of thioether (sulfide) groups is 1. The van der Waals surface area contributed by atoms with Gasteiger partial charge in [-0.05, 0) is 58.7 Å². The third kappa shape index (κ3) is 3.02. The first-order chi connectivity index (χ1) is 7.27. The second kappa shape index (κ2) is 5.41. The minimum absolute atomic E-state index is 0.456. The zero-order valence-corrected chi connectivity index (χ0v) is 10.9. The van der Waals surface area contributed by atoms with Gasteiger partial charge in [0.1, 0.15) is 11.9 Å². The number of hydrogen-bond acceptors (Lipinski definition) is 3. The Morgan fingerprint density at radius 1 is 1.53 bits per heavy atom. The van der Waals surface area contributed by atoms with E-state index in [0.29, 0.717) is 11.7 Å². The van der Waals surface area contributed by atoms with Crippen LogP contribution in [0.1, 0.15) is 31.1 Å². The Kier molecular flexibility index (Phi) is 4.17. The number of rotatable bonds is 3. The zero-order chi connectivity index (χ0) is 10.7. The van der Waals surface area contributed by atoms with Crippen LogP contribution in [0.15, 0.2) is 21.2 Å². The summed E-state index contributed by atoms with van der Waals surface area (Å²) >= 11 is 5.39. The van der Waals surface area contributed by atoms with Crippen LogP contribution < -0.4 is 0 Å². The number of halogens is 1. The molecule has 0 radical (unpaired) electrons. The maximum absolute atomic E-state index is 10.0. The lowest BCUT2D eigenvalue weighted by atomic mass is 9.95. The van der Waals surface area contributed by atoms with Crippen LogP contribution in [0.3, 0.4) is 0 Å². The Hall–Kier alpha value is 0.0700. The van der Waals surface area contributed by atoms with Crippen molar-refractivity contribution in [1.29, 1.82) is 0 Å². The molecule has 2 heterocycles. The van der Waals surface area contributed by atoms with Gasteiger partial charge < -0.3 is 9.52 Å². The molecule has 1 aliphatic heterocycles. The highest BCUT2D eigenvalue weighted by atomic mass is 79.9. The molecule has 0 spiro atoms. The molecule has 1 aromatic rings. The second-order valence-corrected chi connectivity index (χ2v) is 6.02. The van der Waals surface area contributed by atoms with E-state index in [2.05, 4.69) is 15.9 Å². The molecule has 1 aromatic heterocycles. The van der Waals surface area contributed by atoms with Crippen LogP contribution in [0.2, 0.25) is 0 Å². The molecule has 1 saturated heterocycles. The zero-order valence-electron chi connectivity index (χ0n) is 8.49. The molecule has 0 bridgehead atoms. The van der Waals surface area contributed by atoms with Gasteiger partial charge in [-0.15, -0.1) is 0 Å². The first kappa shape index (κ1) is 11.6. The van der Waals surface area contributed by atoms with Gasteiger partial charge in [0.2, 0.25) is 0 Å². The van der Waals surface area contributed by atoms with Crippen molar-refractivity contribution in [2.24, 2.45) is 5.92 Å². The van der Waals surface area contributed by atoms with Crippen LogP contribution in [-0.2, 0) is 0 Å². The van der Waals surface area contributed by atoms with Crippen LogP contribution in [-0.4, -0.2) is 16.6 Å². The predicted octanol–water partition coefficient (Wildman–Crippen LogP) is 3.61. The quantitative estimate of drug-likeness (QED) is 0.923. The number of aliphatic hydroxyl groups excluding tert-OH is 1. The van der Waals surface area contributed by atoms with Gasteiger partial charge in [-0.2, -0.15) is 11.8 Å². The molecule has 0 amide bonds. The van der Waals surface area contributed by atoms with Crippen molar-refractivity contribution < 1.29 is 9.52 Å². The van der Waals surface area contributed by atoms with Crippen molar-refractivity contribution in [1.82, 2.24) is 0 Å². The van der Waals surface area contributed by atoms with Crippen molar-refractivity contribution in [3.05, 3.63) is 22.6 Å². The minimum atomic E-state index is -0.456. The fourth-order valence-corrected chi connectivity index (χ4v) is 3.62. The normalized spacial score (nSPS) is 20.4. The van der Waals surface area contributed by atoms with Crippen molar-refractivity contribution in [2.75, 3.05) is 11.5 Å². The maximum Gasteiger partial charge on any atom is 0.146 e. The molecule has 1 N–H and O–H groups in total. The summed E-state index contributed by atoms with van der Waals surface area (Å²) in [5.41, 5.74) is 0.